The zero-order valence-corrected chi connectivity index (χ0v) is 7.28. The fraction of sp³-hybridized carbons (Fsp3) is 0.857. The minimum atomic E-state index is -0.707. The molecule has 1 atom stereocenters. The number of thioether (sulfide) groups is 1. The van der Waals surface area contributed by atoms with Crippen LogP contribution < -0.4 is 0 Å². The lowest BCUT2D eigenvalue weighted by Crippen LogP contribution is -2.11. The highest BCUT2D eigenvalue weighted by Crippen LogP contribution is 2.11. The van der Waals surface area contributed by atoms with Gasteiger partial charge in [-0.3, -0.25) is 4.79 Å². The van der Waals surface area contributed by atoms with Gasteiger partial charge in [0.2, 0.25) is 0 Å². The summed E-state index contributed by atoms with van der Waals surface area (Å²) in [6.07, 6.45) is 2.25. The van der Waals surface area contributed by atoms with Gasteiger partial charge in [-0.1, -0.05) is 13.3 Å². The van der Waals surface area contributed by atoms with Crippen molar-refractivity contribution in [3.8, 4) is 0 Å². The van der Waals surface area contributed by atoms with E-state index in [9.17, 15) is 4.79 Å². The quantitative estimate of drug-likeness (QED) is 0.628. The Morgan fingerprint density at radius 2 is 2.30 bits per heavy atom. The van der Waals surface area contributed by atoms with Crippen molar-refractivity contribution < 1.29 is 9.90 Å². The van der Waals surface area contributed by atoms with Crippen LogP contribution in [0.4, 0.5) is 0 Å². The summed E-state index contributed by atoms with van der Waals surface area (Å²) in [6.45, 7) is 3.83. The van der Waals surface area contributed by atoms with Crippen molar-refractivity contribution in [3.63, 3.8) is 0 Å². The number of hydrogen-bond donors (Lipinski definition) is 1. The van der Waals surface area contributed by atoms with E-state index < -0.39 is 5.97 Å². The van der Waals surface area contributed by atoms with Crippen LogP contribution in [0.2, 0.25) is 0 Å². The predicted molar refractivity (Wildman–Crippen MR) is 44.5 cm³/mol. The van der Waals surface area contributed by atoms with E-state index in [1.165, 1.54) is 11.8 Å². The molecule has 0 saturated heterocycles. The highest BCUT2D eigenvalue weighted by Gasteiger charge is 2.09. The first-order valence-corrected chi connectivity index (χ1v) is 4.57. The molecule has 0 radical (unpaired) electrons. The van der Waals surface area contributed by atoms with Gasteiger partial charge in [-0.15, -0.1) is 11.8 Å². The van der Waals surface area contributed by atoms with Crippen LogP contribution in [-0.4, -0.2) is 22.1 Å². The SMILES string of the molecule is CCCCS[C@H](C)C(=O)O. The van der Waals surface area contributed by atoms with Crippen LogP contribution in [0.3, 0.4) is 0 Å². The molecule has 2 nitrogen and oxygen atoms in total. The Hall–Kier alpha value is -0.180. The Kier molecular flexibility index (Phi) is 5.49. The second kappa shape index (κ2) is 5.59. The van der Waals surface area contributed by atoms with Crippen LogP contribution in [0.25, 0.3) is 0 Å². The molecule has 0 amide bonds. The Labute approximate surface area is 66.0 Å². The summed E-state index contributed by atoms with van der Waals surface area (Å²) in [5.41, 5.74) is 0. The fourth-order valence-corrected chi connectivity index (χ4v) is 1.43. The average Bonchev–Trinajstić information content (AvgIpc) is 1.88. The second-order valence-corrected chi connectivity index (χ2v) is 3.65. The topological polar surface area (TPSA) is 37.3 Å². The van der Waals surface area contributed by atoms with Crippen LogP contribution in [0, 0.1) is 0 Å². The van der Waals surface area contributed by atoms with Gasteiger partial charge in [0.15, 0.2) is 0 Å². The first kappa shape index (κ1) is 9.82. The zero-order chi connectivity index (χ0) is 7.98. The normalized spacial score (nSPS) is 13.0. The van der Waals surface area contributed by atoms with Crippen molar-refractivity contribution in [2.75, 3.05) is 5.75 Å². The third-order valence-electron chi connectivity index (χ3n) is 1.21. The van der Waals surface area contributed by atoms with Crippen molar-refractivity contribution in [1.29, 1.82) is 0 Å². The molecule has 60 valence electrons. The van der Waals surface area contributed by atoms with Gasteiger partial charge < -0.3 is 5.11 Å². The van der Waals surface area contributed by atoms with E-state index in [0.717, 1.165) is 18.6 Å². The molecular weight excluding hydrogens is 148 g/mol. The molecule has 0 aliphatic heterocycles. The second-order valence-electron chi connectivity index (χ2n) is 2.20. The molecule has 3 heteroatoms. The minimum Gasteiger partial charge on any atom is -0.480 e. The summed E-state index contributed by atoms with van der Waals surface area (Å²) in [5, 5.41) is 8.22. The molecule has 0 unspecified atom stereocenters. The number of unbranched alkanes of at least 4 members (excludes halogenated alkanes) is 1. The highest BCUT2D eigenvalue weighted by atomic mass is 32.2. The number of hydrogen-bond acceptors (Lipinski definition) is 2. The number of carbonyl (C=O) groups is 1. The minimum absolute atomic E-state index is 0.244. The molecule has 0 saturated carbocycles. The number of aliphatic carboxylic acids is 1. The number of carboxylic acids is 1. The maximum atomic E-state index is 10.3. The molecule has 0 aliphatic rings. The van der Waals surface area contributed by atoms with Gasteiger partial charge in [-0.2, -0.15) is 0 Å². The van der Waals surface area contributed by atoms with Gasteiger partial charge in [0, 0.05) is 0 Å². The third-order valence-corrected chi connectivity index (χ3v) is 2.44. The molecule has 0 spiro atoms. The third kappa shape index (κ3) is 4.68. The first-order chi connectivity index (χ1) is 4.68. The Bertz CT molecular complexity index is 104. The summed E-state index contributed by atoms with van der Waals surface area (Å²) in [6, 6.07) is 0. The molecule has 0 aromatic heterocycles. The van der Waals surface area contributed by atoms with E-state index in [0.29, 0.717) is 0 Å². The molecule has 0 aliphatic carbocycles. The molecule has 0 aromatic rings. The van der Waals surface area contributed by atoms with E-state index in [2.05, 4.69) is 6.92 Å². The van der Waals surface area contributed by atoms with Crippen LogP contribution in [0.15, 0.2) is 0 Å². The van der Waals surface area contributed by atoms with E-state index in [-0.39, 0.29) is 5.25 Å². The van der Waals surface area contributed by atoms with Gasteiger partial charge in [-0.05, 0) is 19.1 Å². The molecule has 1 N–H and O–H groups in total. The van der Waals surface area contributed by atoms with E-state index >= 15 is 0 Å². The van der Waals surface area contributed by atoms with Gasteiger partial charge in [-0.25, -0.2) is 0 Å². The maximum Gasteiger partial charge on any atom is 0.316 e. The van der Waals surface area contributed by atoms with Crippen LogP contribution in [0.5, 0.6) is 0 Å². The summed E-state index contributed by atoms with van der Waals surface area (Å²) >= 11 is 1.51. The standard InChI is InChI=1S/C7H14O2S/c1-3-4-5-10-6(2)7(8)9/h6H,3-5H2,1-2H3,(H,8,9)/t6-/m1/s1. The first-order valence-electron chi connectivity index (χ1n) is 3.53. The van der Waals surface area contributed by atoms with Crippen molar-refractivity contribution in [3.05, 3.63) is 0 Å². The van der Waals surface area contributed by atoms with Crippen molar-refractivity contribution >= 4 is 17.7 Å². The predicted octanol–water partition coefficient (Wildman–Crippen LogP) is 1.99. The lowest BCUT2D eigenvalue weighted by Gasteiger charge is -2.03. The molecule has 0 bridgehead atoms. The Morgan fingerprint density at radius 1 is 1.70 bits per heavy atom. The Morgan fingerprint density at radius 3 is 2.70 bits per heavy atom. The number of rotatable bonds is 5. The van der Waals surface area contributed by atoms with Gasteiger partial charge >= 0.3 is 5.97 Å². The lowest BCUT2D eigenvalue weighted by molar-refractivity contribution is -0.136. The van der Waals surface area contributed by atoms with Crippen LogP contribution >= 0.6 is 11.8 Å². The Balaban J connectivity index is 3.21. The van der Waals surface area contributed by atoms with Crippen molar-refractivity contribution in [2.45, 2.75) is 31.9 Å². The molecule has 0 rings (SSSR count). The average molecular weight is 162 g/mol. The molecule has 10 heavy (non-hydrogen) atoms. The molecule has 0 fully saturated rings. The van der Waals surface area contributed by atoms with E-state index in [1.54, 1.807) is 6.92 Å². The van der Waals surface area contributed by atoms with Gasteiger partial charge in [0.1, 0.15) is 0 Å². The number of carboxylic acid groups (broad SMARTS) is 1. The maximum absolute atomic E-state index is 10.3. The summed E-state index contributed by atoms with van der Waals surface area (Å²) in [7, 11) is 0. The highest BCUT2D eigenvalue weighted by molar-refractivity contribution is 8.00. The summed E-state index contributed by atoms with van der Waals surface area (Å²) < 4.78 is 0. The summed E-state index contributed by atoms with van der Waals surface area (Å²) in [4.78, 5) is 10.3. The van der Waals surface area contributed by atoms with Crippen LogP contribution in [0.1, 0.15) is 26.7 Å². The van der Waals surface area contributed by atoms with Crippen molar-refractivity contribution in [2.24, 2.45) is 0 Å². The van der Waals surface area contributed by atoms with Crippen molar-refractivity contribution in [1.82, 2.24) is 0 Å². The lowest BCUT2D eigenvalue weighted by atomic mass is 10.4. The molecule has 0 heterocycles. The fourth-order valence-electron chi connectivity index (χ4n) is 0.476. The summed E-state index contributed by atoms with van der Waals surface area (Å²) in [5.74, 6) is 0.255. The van der Waals surface area contributed by atoms with Gasteiger partial charge in [0.05, 0.1) is 5.25 Å². The monoisotopic (exact) mass is 162 g/mol. The van der Waals surface area contributed by atoms with Crippen LogP contribution in [-0.2, 0) is 4.79 Å². The molecular formula is C7H14O2S. The van der Waals surface area contributed by atoms with E-state index in [4.69, 9.17) is 5.11 Å². The van der Waals surface area contributed by atoms with Gasteiger partial charge in [0.25, 0.3) is 0 Å². The van der Waals surface area contributed by atoms with E-state index in [1.807, 2.05) is 0 Å². The largest absolute Gasteiger partial charge is 0.480 e. The zero-order valence-electron chi connectivity index (χ0n) is 6.46. The smallest absolute Gasteiger partial charge is 0.316 e. The molecule has 0 aromatic carbocycles.